The normalized spacial score (nSPS) is 16.6. The second-order valence-corrected chi connectivity index (χ2v) is 6.85. The van der Waals surface area contributed by atoms with E-state index in [1.807, 2.05) is 12.1 Å². The molecule has 142 valence electrons. The van der Waals surface area contributed by atoms with E-state index >= 15 is 0 Å². The van der Waals surface area contributed by atoms with Gasteiger partial charge in [0, 0.05) is 35.2 Å². The molecule has 28 heavy (non-hydrogen) atoms. The van der Waals surface area contributed by atoms with Gasteiger partial charge in [-0.1, -0.05) is 18.2 Å². The summed E-state index contributed by atoms with van der Waals surface area (Å²) in [5, 5.41) is 3.35. The molecule has 0 spiro atoms. The summed E-state index contributed by atoms with van der Waals surface area (Å²) >= 11 is 0. The summed E-state index contributed by atoms with van der Waals surface area (Å²) in [6.07, 6.45) is 0.0866. The smallest absolute Gasteiger partial charge is 0.292 e. The number of carbonyl (C=O) groups is 3. The first-order chi connectivity index (χ1) is 13.4. The number of hydrogen-bond donors (Lipinski definition) is 2. The first kappa shape index (κ1) is 17.9. The molecule has 1 atom stereocenters. The summed E-state index contributed by atoms with van der Waals surface area (Å²) in [4.78, 5) is 42.1. The van der Waals surface area contributed by atoms with Crippen molar-refractivity contribution in [1.82, 2.24) is 10.3 Å². The van der Waals surface area contributed by atoms with Crippen LogP contribution in [0.3, 0.4) is 0 Å². The van der Waals surface area contributed by atoms with Gasteiger partial charge in [0.1, 0.15) is 5.82 Å². The lowest BCUT2D eigenvalue weighted by atomic mass is 10.1. The maximum absolute atomic E-state index is 13.1. The fourth-order valence-electron chi connectivity index (χ4n) is 3.61. The number of halogens is 1. The number of nitrogens with one attached hydrogen (secondary N) is 2. The van der Waals surface area contributed by atoms with Gasteiger partial charge >= 0.3 is 0 Å². The number of ketones is 1. The van der Waals surface area contributed by atoms with E-state index in [0.29, 0.717) is 22.3 Å². The zero-order valence-corrected chi connectivity index (χ0v) is 15.2. The van der Waals surface area contributed by atoms with Gasteiger partial charge in [-0.3, -0.25) is 14.4 Å². The lowest BCUT2D eigenvalue weighted by Crippen LogP contribution is -2.41. The SMILES string of the molecule is Cc1[nH]c2ccccc2c1C(=O)C(=O)N[C@H]1CC(=O)N(c2ccc(F)cc2)C1. The molecule has 6 nitrogen and oxygen atoms in total. The molecule has 1 aromatic heterocycles. The first-order valence-corrected chi connectivity index (χ1v) is 8.92. The van der Waals surface area contributed by atoms with E-state index < -0.39 is 17.7 Å². The number of nitrogens with zero attached hydrogens (tertiary/aromatic N) is 1. The van der Waals surface area contributed by atoms with Gasteiger partial charge in [-0.2, -0.15) is 0 Å². The predicted molar refractivity (Wildman–Crippen MR) is 103 cm³/mol. The van der Waals surface area contributed by atoms with Crippen LogP contribution >= 0.6 is 0 Å². The highest BCUT2D eigenvalue weighted by Gasteiger charge is 2.33. The lowest BCUT2D eigenvalue weighted by molar-refractivity contribution is -0.118. The van der Waals surface area contributed by atoms with Crippen molar-refractivity contribution in [1.29, 1.82) is 0 Å². The van der Waals surface area contributed by atoms with Gasteiger partial charge in [0.25, 0.3) is 11.7 Å². The molecule has 7 heteroatoms. The molecule has 1 fully saturated rings. The standard InChI is InChI=1S/C21H18FN3O3/c1-12-19(16-4-2-3-5-17(16)23-12)20(27)21(28)24-14-10-18(26)25(11-14)15-8-6-13(22)7-9-15/h2-9,14,23H,10-11H2,1H3,(H,24,28)/t14-/m0/s1. The summed E-state index contributed by atoms with van der Waals surface area (Å²) in [5.41, 5.74) is 2.31. The van der Waals surface area contributed by atoms with Crippen molar-refractivity contribution in [2.75, 3.05) is 11.4 Å². The Kier molecular flexibility index (Phi) is 4.43. The molecule has 0 radical (unpaired) electrons. The molecule has 2 aromatic carbocycles. The third-order valence-electron chi connectivity index (χ3n) is 4.93. The predicted octanol–water partition coefficient (Wildman–Crippen LogP) is 2.72. The zero-order valence-electron chi connectivity index (χ0n) is 15.2. The number of benzene rings is 2. The molecule has 0 unspecified atom stereocenters. The third-order valence-corrected chi connectivity index (χ3v) is 4.93. The van der Waals surface area contributed by atoms with Gasteiger partial charge < -0.3 is 15.2 Å². The van der Waals surface area contributed by atoms with Crippen molar-refractivity contribution in [3.63, 3.8) is 0 Å². The van der Waals surface area contributed by atoms with Crippen molar-refractivity contribution < 1.29 is 18.8 Å². The number of para-hydroxylation sites is 1. The van der Waals surface area contributed by atoms with Crippen molar-refractivity contribution in [2.24, 2.45) is 0 Å². The highest BCUT2D eigenvalue weighted by atomic mass is 19.1. The van der Waals surface area contributed by atoms with Crippen LogP contribution < -0.4 is 10.2 Å². The first-order valence-electron chi connectivity index (χ1n) is 8.92. The lowest BCUT2D eigenvalue weighted by Gasteiger charge is -2.17. The van der Waals surface area contributed by atoms with Crippen molar-refractivity contribution in [2.45, 2.75) is 19.4 Å². The van der Waals surface area contributed by atoms with Crippen LogP contribution in [0.5, 0.6) is 0 Å². The average Bonchev–Trinajstić information content (AvgIpc) is 3.20. The Morgan fingerprint density at radius 2 is 1.86 bits per heavy atom. The third kappa shape index (κ3) is 3.15. The number of Topliss-reactive ketones (excluding diaryl/α,β-unsaturated/α-hetero) is 1. The van der Waals surface area contributed by atoms with Crippen molar-refractivity contribution >= 4 is 34.2 Å². The second-order valence-electron chi connectivity index (χ2n) is 6.85. The van der Waals surface area contributed by atoms with Crippen LogP contribution in [0.25, 0.3) is 10.9 Å². The van der Waals surface area contributed by atoms with Crippen LogP contribution in [0.1, 0.15) is 22.5 Å². The molecule has 0 aliphatic carbocycles. The number of H-pyrrole nitrogens is 1. The molecular formula is C21H18FN3O3. The molecule has 1 saturated heterocycles. The molecule has 4 rings (SSSR count). The maximum atomic E-state index is 13.1. The Hall–Kier alpha value is -3.48. The van der Waals surface area contributed by atoms with Crippen LogP contribution in [0, 0.1) is 12.7 Å². The number of aryl methyl sites for hydroxylation is 1. The van der Waals surface area contributed by atoms with Gasteiger partial charge in [0.15, 0.2) is 0 Å². The Balaban J connectivity index is 1.49. The summed E-state index contributed by atoms with van der Waals surface area (Å²) in [6.45, 7) is 1.98. The van der Waals surface area contributed by atoms with Crippen molar-refractivity contribution in [3.8, 4) is 0 Å². The fraction of sp³-hybridized carbons (Fsp3) is 0.190. The maximum Gasteiger partial charge on any atom is 0.292 e. The Morgan fingerprint density at radius 1 is 1.14 bits per heavy atom. The molecule has 2 N–H and O–H groups in total. The van der Waals surface area contributed by atoms with Crippen LogP contribution in [0.15, 0.2) is 48.5 Å². The van der Waals surface area contributed by atoms with Gasteiger partial charge in [0.05, 0.1) is 11.6 Å². The van der Waals surface area contributed by atoms with Gasteiger partial charge in [0.2, 0.25) is 5.91 Å². The zero-order chi connectivity index (χ0) is 19.8. The fourth-order valence-corrected chi connectivity index (χ4v) is 3.61. The number of amides is 2. The topological polar surface area (TPSA) is 82.3 Å². The highest BCUT2D eigenvalue weighted by Crippen LogP contribution is 2.24. The summed E-state index contributed by atoms with van der Waals surface area (Å²) in [6, 6.07) is 12.4. The summed E-state index contributed by atoms with van der Waals surface area (Å²) in [7, 11) is 0. The van der Waals surface area contributed by atoms with Crippen LogP contribution in [-0.2, 0) is 9.59 Å². The molecule has 1 aliphatic heterocycles. The van der Waals surface area contributed by atoms with E-state index in [0.717, 1.165) is 5.52 Å². The van der Waals surface area contributed by atoms with Gasteiger partial charge in [-0.25, -0.2) is 4.39 Å². The number of rotatable bonds is 4. The molecule has 2 heterocycles. The highest BCUT2D eigenvalue weighted by molar-refractivity contribution is 6.45. The number of anilines is 1. The largest absolute Gasteiger partial charge is 0.358 e. The van der Waals surface area contributed by atoms with E-state index in [-0.39, 0.29) is 24.7 Å². The van der Waals surface area contributed by atoms with E-state index in [1.54, 1.807) is 19.1 Å². The second kappa shape index (κ2) is 6.92. The van der Waals surface area contributed by atoms with Gasteiger partial charge in [-0.05, 0) is 37.3 Å². The number of aromatic nitrogens is 1. The van der Waals surface area contributed by atoms with Crippen molar-refractivity contribution in [3.05, 3.63) is 65.6 Å². The number of carbonyl (C=O) groups excluding carboxylic acids is 3. The van der Waals surface area contributed by atoms with Crippen LogP contribution in [0.4, 0.5) is 10.1 Å². The summed E-state index contributed by atoms with van der Waals surface area (Å²) < 4.78 is 13.1. The molecular weight excluding hydrogens is 361 g/mol. The average molecular weight is 379 g/mol. The molecule has 3 aromatic rings. The molecule has 2 amide bonds. The number of fused-ring (bicyclic) bond motifs is 1. The molecule has 0 saturated carbocycles. The Labute approximate surface area is 160 Å². The van der Waals surface area contributed by atoms with E-state index in [1.165, 1.54) is 29.2 Å². The minimum atomic E-state index is -0.744. The molecule has 1 aliphatic rings. The molecule has 0 bridgehead atoms. The van der Waals surface area contributed by atoms with Crippen LogP contribution in [-0.4, -0.2) is 35.2 Å². The Morgan fingerprint density at radius 3 is 2.61 bits per heavy atom. The van der Waals surface area contributed by atoms with Gasteiger partial charge in [-0.15, -0.1) is 0 Å². The van der Waals surface area contributed by atoms with E-state index in [9.17, 15) is 18.8 Å². The van der Waals surface area contributed by atoms with E-state index in [2.05, 4.69) is 10.3 Å². The number of hydrogen-bond acceptors (Lipinski definition) is 3. The van der Waals surface area contributed by atoms with E-state index in [4.69, 9.17) is 0 Å². The summed E-state index contributed by atoms with van der Waals surface area (Å²) in [5.74, 6) is -1.96. The monoisotopic (exact) mass is 379 g/mol. The quantitative estimate of drug-likeness (QED) is 0.540. The van der Waals surface area contributed by atoms with Crippen LogP contribution in [0.2, 0.25) is 0 Å². The minimum absolute atomic E-state index is 0.0866. The minimum Gasteiger partial charge on any atom is -0.358 e. The Bertz CT molecular complexity index is 1090. The number of aromatic amines is 1.